The number of carbonyl (C=O) groups is 1. The number of cyclic esters (lactones) is 1. The molecule has 1 heterocycles. The van der Waals surface area contributed by atoms with E-state index in [0.29, 0.717) is 10.2 Å². The summed E-state index contributed by atoms with van der Waals surface area (Å²) in [7, 11) is 0. The summed E-state index contributed by atoms with van der Waals surface area (Å²) in [6.45, 7) is 0.478. The molecule has 0 unspecified atom stereocenters. The highest BCUT2D eigenvalue weighted by Gasteiger charge is 2.31. The van der Waals surface area contributed by atoms with Crippen molar-refractivity contribution in [3.63, 3.8) is 0 Å². The van der Waals surface area contributed by atoms with Crippen molar-refractivity contribution in [1.29, 1.82) is 0 Å². The molecule has 0 aromatic heterocycles. The van der Waals surface area contributed by atoms with Gasteiger partial charge in [0, 0.05) is 17.1 Å². The Kier molecular flexibility index (Phi) is 5.00. The lowest BCUT2D eigenvalue weighted by Gasteiger charge is -2.14. The first-order valence-electron chi connectivity index (χ1n) is 7.52. The number of anilines is 3. The van der Waals surface area contributed by atoms with Gasteiger partial charge in [0.2, 0.25) is 5.43 Å². The molecule has 0 spiro atoms. The zero-order valence-corrected chi connectivity index (χ0v) is 14.6. The van der Waals surface area contributed by atoms with E-state index in [2.05, 4.69) is 21.2 Å². The lowest BCUT2D eigenvalue weighted by molar-refractivity contribution is 0.145. The minimum Gasteiger partial charge on any atom is -0.443 e. The average Bonchev–Trinajstić information content (AvgIpc) is 2.88. The fourth-order valence-electron chi connectivity index (χ4n) is 2.45. The normalized spacial score (nSPS) is 16.7. The van der Waals surface area contributed by atoms with Gasteiger partial charge < -0.3 is 15.8 Å². The van der Waals surface area contributed by atoms with Gasteiger partial charge in [-0.1, -0.05) is 22.0 Å². The Balaban J connectivity index is 1.85. The van der Waals surface area contributed by atoms with E-state index in [1.54, 1.807) is 24.3 Å². The first-order chi connectivity index (χ1) is 12.0. The number of carbonyl (C=O) groups excluding carboxylic acids is 1. The average molecular weight is 408 g/mol. The van der Waals surface area contributed by atoms with E-state index >= 15 is 0 Å². The molecular weight excluding hydrogens is 393 g/mol. The third-order valence-corrected chi connectivity index (χ3v) is 4.22. The van der Waals surface area contributed by atoms with Crippen LogP contribution >= 0.6 is 15.9 Å². The highest BCUT2D eigenvalue weighted by molar-refractivity contribution is 9.10. The molecule has 0 aliphatic carbocycles. The summed E-state index contributed by atoms with van der Waals surface area (Å²) in [4.78, 5) is 25.2. The molecule has 1 saturated heterocycles. The molecule has 0 radical (unpaired) electrons. The molecule has 8 heteroatoms. The maximum absolute atomic E-state index is 14.4. The summed E-state index contributed by atoms with van der Waals surface area (Å²) in [5.41, 5.74) is 5.94. The van der Waals surface area contributed by atoms with Crippen molar-refractivity contribution in [2.24, 2.45) is 5.73 Å². The molecule has 1 atom stereocenters. The van der Waals surface area contributed by atoms with Gasteiger partial charge in [-0.15, -0.1) is 0 Å². The fraction of sp³-hybridized carbons (Fsp3) is 0.176. The second-order valence-corrected chi connectivity index (χ2v) is 6.39. The molecule has 0 bridgehead atoms. The van der Waals surface area contributed by atoms with Crippen molar-refractivity contribution < 1.29 is 13.9 Å². The molecule has 3 rings (SSSR count). The monoisotopic (exact) mass is 407 g/mol. The number of rotatable bonds is 4. The van der Waals surface area contributed by atoms with Crippen molar-refractivity contribution in [3.05, 3.63) is 63.0 Å². The number of benzene rings is 1. The van der Waals surface area contributed by atoms with Crippen LogP contribution in [0.3, 0.4) is 0 Å². The molecule has 1 fully saturated rings. The fourth-order valence-corrected chi connectivity index (χ4v) is 2.81. The molecule has 3 N–H and O–H groups in total. The van der Waals surface area contributed by atoms with Gasteiger partial charge in [-0.05, 0) is 30.3 Å². The third kappa shape index (κ3) is 3.80. The van der Waals surface area contributed by atoms with Crippen LogP contribution in [0.15, 0.2) is 51.7 Å². The van der Waals surface area contributed by atoms with Gasteiger partial charge in [0.1, 0.15) is 11.9 Å². The molecule has 1 aliphatic heterocycles. The van der Waals surface area contributed by atoms with Crippen molar-refractivity contribution >= 4 is 39.1 Å². The predicted molar refractivity (Wildman–Crippen MR) is 96.8 cm³/mol. The van der Waals surface area contributed by atoms with E-state index in [1.165, 1.54) is 23.1 Å². The highest BCUT2D eigenvalue weighted by atomic mass is 79.9. The Labute approximate surface area is 151 Å². The van der Waals surface area contributed by atoms with E-state index in [1.807, 2.05) is 0 Å². The molecule has 6 nitrogen and oxygen atoms in total. The van der Waals surface area contributed by atoms with E-state index in [0.717, 1.165) is 0 Å². The second kappa shape index (κ2) is 7.20. The summed E-state index contributed by atoms with van der Waals surface area (Å²) in [5, 5.41) is 2.77. The predicted octanol–water partition coefficient (Wildman–Crippen LogP) is 2.98. The Morgan fingerprint density at radius 2 is 2.04 bits per heavy atom. The smallest absolute Gasteiger partial charge is 0.414 e. The molecule has 0 saturated carbocycles. The van der Waals surface area contributed by atoms with Gasteiger partial charge in [0.25, 0.3) is 0 Å². The number of nitrogens with one attached hydrogen (secondary N) is 1. The maximum atomic E-state index is 14.4. The summed E-state index contributed by atoms with van der Waals surface area (Å²) in [6, 6.07) is 10.6. The standard InChI is InChI=1S/C17H15BrFN3O3/c18-10-2-1-3-15(16(23)6-10)21-14-5-4-11(7-13(14)19)22-9-12(8-20)25-17(22)24/h1-7,12H,8-9,20H2,(H,21,23)/t12-/m0/s1. The van der Waals surface area contributed by atoms with Crippen LogP contribution in [0.1, 0.15) is 0 Å². The van der Waals surface area contributed by atoms with Crippen molar-refractivity contribution in [2.45, 2.75) is 6.10 Å². The van der Waals surface area contributed by atoms with E-state index < -0.39 is 18.0 Å². The van der Waals surface area contributed by atoms with Gasteiger partial charge in [-0.2, -0.15) is 0 Å². The number of hydrogen-bond donors (Lipinski definition) is 2. The Hall–Kier alpha value is -2.45. The number of amides is 1. The molecule has 130 valence electrons. The maximum Gasteiger partial charge on any atom is 0.414 e. The molecule has 1 aliphatic rings. The Bertz CT molecular complexity index is 878. The lowest BCUT2D eigenvalue weighted by atomic mass is 10.2. The zero-order valence-electron chi connectivity index (χ0n) is 13.0. The minimum absolute atomic E-state index is 0.131. The van der Waals surface area contributed by atoms with Crippen LogP contribution in [0.25, 0.3) is 0 Å². The van der Waals surface area contributed by atoms with Crippen LogP contribution in [0, 0.1) is 5.82 Å². The summed E-state index contributed by atoms with van der Waals surface area (Å²) >= 11 is 3.23. The summed E-state index contributed by atoms with van der Waals surface area (Å²) < 4.78 is 20.1. The molecule has 2 aromatic rings. The molecular formula is C17H15BrFN3O3. The van der Waals surface area contributed by atoms with Gasteiger partial charge in [0.05, 0.1) is 23.6 Å². The van der Waals surface area contributed by atoms with Crippen LogP contribution in [-0.4, -0.2) is 25.3 Å². The summed E-state index contributed by atoms with van der Waals surface area (Å²) in [6.07, 6.45) is -0.962. The van der Waals surface area contributed by atoms with E-state index in [4.69, 9.17) is 10.5 Å². The van der Waals surface area contributed by atoms with Crippen molar-refractivity contribution in [2.75, 3.05) is 23.3 Å². The molecule has 1 amide bonds. The number of halogens is 2. The number of hydrogen-bond acceptors (Lipinski definition) is 5. The van der Waals surface area contributed by atoms with E-state index in [9.17, 15) is 14.0 Å². The van der Waals surface area contributed by atoms with Gasteiger partial charge in [-0.3, -0.25) is 9.69 Å². The van der Waals surface area contributed by atoms with Crippen LogP contribution in [0.4, 0.5) is 26.2 Å². The van der Waals surface area contributed by atoms with Crippen LogP contribution in [-0.2, 0) is 4.74 Å². The van der Waals surface area contributed by atoms with Crippen LogP contribution in [0.2, 0.25) is 0 Å². The second-order valence-electron chi connectivity index (χ2n) is 5.47. The van der Waals surface area contributed by atoms with Gasteiger partial charge in [-0.25, -0.2) is 9.18 Å². The highest BCUT2D eigenvalue weighted by Crippen LogP contribution is 2.27. The zero-order chi connectivity index (χ0) is 18.0. The molecule has 2 aromatic carbocycles. The topological polar surface area (TPSA) is 84.7 Å². The van der Waals surface area contributed by atoms with E-state index in [-0.39, 0.29) is 29.9 Å². The first kappa shape index (κ1) is 17.4. The van der Waals surface area contributed by atoms with Gasteiger partial charge in [0.15, 0.2) is 0 Å². The van der Waals surface area contributed by atoms with Crippen LogP contribution in [0.5, 0.6) is 0 Å². The quantitative estimate of drug-likeness (QED) is 0.813. The van der Waals surface area contributed by atoms with Crippen molar-refractivity contribution in [3.8, 4) is 0 Å². The van der Waals surface area contributed by atoms with Gasteiger partial charge >= 0.3 is 6.09 Å². The number of ether oxygens (including phenoxy) is 1. The third-order valence-electron chi connectivity index (χ3n) is 3.72. The SMILES string of the molecule is NC[C@H]1CN(c2ccc(Nc3cccc(Br)cc3=O)c(F)c2)C(=O)O1. The first-order valence-corrected chi connectivity index (χ1v) is 8.32. The minimum atomic E-state index is -0.591. The summed E-state index contributed by atoms with van der Waals surface area (Å²) in [5.74, 6) is -0.591. The number of nitrogens with zero attached hydrogens (tertiary/aromatic N) is 1. The Morgan fingerprint density at radius 3 is 2.72 bits per heavy atom. The number of nitrogens with two attached hydrogens (primary N) is 1. The van der Waals surface area contributed by atoms with Crippen LogP contribution < -0.4 is 21.4 Å². The van der Waals surface area contributed by atoms with Crippen molar-refractivity contribution in [1.82, 2.24) is 0 Å². The lowest BCUT2D eigenvalue weighted by Crippen LogP contribution is -2.27. The largest absolute Gasteiger partial charge is 0.443 e. The Morgan fingerprint density at radius 1 is 1.24 bits per heavy atom. The molecule has 25 heavy (non-hydrogen) atoms.